The van der Waals surface area contributed by atoms with E-state index in [1.807, 2.05) is 27.9 Å². The maximum Gasteiger partial charge on any atom is 0.303 e. The van der Waals surface area contributed by atoms with E-state index in [9.17, 15) is 28.8 Å². The van der Waals surface area contributed by atoms with Gasteiger partial charge in [0, 0.05) is 59.6 Å². The van der Waals surface area contributed by atoms with E-state index in [2.05, 4.69) is 35.2 Å². The maximum absolute atomic E-state index is 12.7. The second-order valence-corrected chi connectivity index (χ2v) is 17.6. The van der Waals surface area contributed by atoms with Crippen LogP contribution in [0.25, 0.3) is 0 Å². The summed E-state index contributed by atoms with van der Waals surface area (Å²) in [6, 6.07) is -0.622. The summed E-state index contributed by atoms with van der Waals surface area (Å²) in [5.41, 5.74) is 10.6. The third-order valence-electron chi connectivity index (χ3n) is 10.7. The molecule has 0 aliphatic heterocycles. The van der Waals surface area contributed by atoms with Gasteiger partial charge in [-0.3, -0.25) is 28.8 Å². The van der Waals surface area contributed by atoms with Crippen molar-refractivity contribution < 1.29 is 58.4 Å². The Kier molecular flexibility index (Phi) is 71.5. The molecule has 1 saturated carbocycles. The van der Waals surface area contributed by atoms with Gasteiger partial charge in [-0.15, -0.1) is 0 Å². The van der Waals surface area contributed by atoms with Crippen LogP contribution in [0.15, 0.2) is 0 Å². The van der Waals surface area contributed by atoms with Crippen molar-refractivity contribution in [2.75, 3.05) is 68.3 Å². The number of nitrogens with two attached hydrogens (primary N) is 2. The molecule has 0 aromatic rings. The lowest BCUT2D eigenvalue weighted by Crippen LogP contribution is -2.43. The number of nitrogens with one attached hydrogen (secondary N) is 4. The Bertz CT molecular complexity index is 1200. The van der Waals surface area contributed by atoms with Crippen molar-refractivity contribution in [3.05, 3.63) is 0 Å². The molecule has 18 nitrogen and oxygen atoms in total. The van der Waals surface area contributed by atoms with E-state index in [0.29, 0.717) is 57.6 Å². The van der Waals surface area contributed by atoms with Crippen molar-refractivity contribution in [2.45, 2.75) is 207 Å². The standard InChI is InChI=1S/C34H63N3O6.C8H17N2O3P.C2H7N.C2H4O2.C2H6O.C2H6.CH4/c1-43-27-30(24-25-31(35)38)37-34(42)29-22-20-28(21-23-29)26-36-32(39)18-16-14-12-10-8-6-4-2-3-5-7-9-11-13-15-17-19-33(40)41;9-6(8(13)14)3-1-2-4-10-7(12)5-11;1-3-2;3-1-2-4;1-3-2;1-2;/h28-30H,2-27H2,1H3,(H2,35,38)(H,36,39)(H,37,42)(H,40,41);6,11H,1-5,9,14H2,(H,10,12);3H,1-2H3;1,4H,2H2;1-2H3;1-2H3;1H4. The number of carbonyl (C=O) groups is 7. The number of aliphatic hydroxyl groups is 2. The molecule has 70 heavy (non-hydrogen) atoms. The van der Waals surface area contributed by atoms with Crippen LogP contribution in [-0.4, -0.2) is 137 Å². The van der Waals surface area contributed by atoms with E-state index in [4.69, 9.17) is 36.3 Å². The van der Waals surface area contributed by atoms with Crippen molar-refractivity contribution in [1.29, 1.82) is 0 Å². The molecule has 1 aliphatic rings. The molecule has 3 atom stereocenters. The molecule has 1 fully saturated rings. The Balaban J connectivity index is -0.000000311. The van der Waals surface area contributed by atoms with Crippen LogP contribution in [-0.2, 0) is 43.0 Å². The summed E-state index contributed by atoms with van der Waals surface area (Å²) >= 11 is 0. The number of aliphatic carboxylic acids is 1. The molecule has 0 saturated heterocycles. The molecule has 0 radical (unpaired) electrons. The molecule has 0 heterocycles. The van der Waals surface area contributed by atoms with Crippen LogP contribution in [0.3, 0.4) is 0 Å². The first-order valence-corrected chi connectivity index (χ1v) is 26.2. The van der Waals surface area contributed by atoms with Gasteiger partial charge in [0.05, 0.1) is 25.3 Å². The Labute approximate surface area is 427 Å². The Morgan fingerprint density at radius 1 is 0.686 bits per heavy atom. The van der Waals surface area contributed by atoms with Gasteiger partial charge in [0.25, 0.3) is 0 Å². The van der Waals surface area contributed by atoms with E-state index in [1.165, 1.54) is 77.0 Å². The van der Waals surface area contributed by atoms with Gasteiger partial charge in [0.1, 0.15) is 12.9 Å². The van der Waals surface area contributed by atoms with Gasteiger partial charge >= 0.3 is 5.97 Å². The first-order chi connectivity index (χ1) is 33.1. The van der Waals surface area contributed by atoms with Gasteiger partial charge in [-0.1, -0.05) is 120 Å². The number of carbonyl (C=O) groups excluding carboxylic acids is 6. The molecular weight excluding hydrogens is 920 g/mol. The number of ether oxygens (including phenoxy) is 2. The average molecular weight is 1030 g/mol. The number of methoxy groups -OCH3 is 2. The van der Waals surface area contributed by atoms with Crippen LogP contribution in [0, 0.1) is 11.8 Å². The summed E-state index contributed by atoms with van der Waals surface area (Å²) in [5.74, 6) is -0.850. The van der Waals surface area contributed by atoms with Gasteiger partial charge in [-0.05, 0) is 84.2 Å². The minimum Gasteiger partial charge on any atom is -0.481 e. The largest absolute Gasteiger partial charge is 0.481 e. The molecule has 0 spiro atoms. The van der Waals surface area contributed by atoms with Gasteiger partial charge in [-0.25, -0.2) is 0 Å². The van der Waals surface area contributed by atoms with Gasteiger partial charge in [0.2, 0.25) is 23.6 Å². The van der Waals surface area contributed by atoms with Crippen LogP contribution < -0.4 is 32.7 Å². The topological polar surface area (TPSA) is 299 Å². The Hall–Kier alpha value is -3.12. The molecule has 0 bridgehead atoms. The lowest BCUT2D eigenvalue weighted by Gasteiger charge is -2.29. The molecule has 1 aliphatic carbocycles. The fourth-order valence-electron chi connectivity index (χ4n) is 6.96. The van der Waals surface area contributed by atoms with Crippen molar-refractivity contribution in [3.8, 4) is 0 Å². The third kappa shape index (κ3) is 64.9. The number of rotatable bonds is 36. The fourth-order valence-corrected chi connectivity index (χ4v) is 7.13. The SMILES string of the molecule is C.CC.CNC.COC.COCC(CCC(N)=O)NC(=O)C1CCC(CNC(=O)CCCCCCCCCCCCCCCCCCC(=O)O)CC1.NC(CCCCNC(=O)CO)C(=O)P.O=CCO. The summed E-state index contributed by atoms with van der Waals surface area (Å²) in [5, 5.41) is 35.9. The second kappa shape index (κ2) is 63.9. The average Bonchev–Trinajstić information content (AvgIpc) is 3.33. The lowest BCUT2D eigenvalue weighted by atomic mass is 9.81. The summed E-state index contributed by atoms with van der Waals surface area (Å²) in [6.07, 6.45) is 27.1. The first-order valence-electron chi connectivity index (χ1n) is 25.7. The molecule has 3 unspecified atom stereocenters. The molecular formula is C51H107N6O12P. The molecule has 0 aromatic heterocycles. The normalized spacial score (nSPS) is 14.0. The number of aldehydes is 1. The van der Waals surface area contributed by atoms with E-state index in [-0.39, 0.29) is 61.6 Å². The minimum atomic E-state index is -0.679. The maximum atomic E-state index is 12.7. The quantitative estimate of drug-likeness (QED) is 0.0188. The van der Waals surface area contributed by atoms with Crippen LogP contribution >= 0.6 is 9.24 Å². The summed E-state index contributed by atoms with van der Waals surface area (Å²) < 4.78 is 9.42. The number of hydrogen-bond donors (Lipinski definition) is 9. The fraction of sp³-hybridized carbons (Fsp3) is 0.863. The van der Waals surface area contributed by atoms with Crippen molar-refractivity contribution >= 4 is 50.6 Å². The van der Waals surface area contributed by atoms with E-state index >= 15 is 0 Å². The van der Waals surface area contributed by atoms with E-state index in [1.54, 1.807) is 21.3 Å². The van der Waals surface area contributed by atoms with Crippen molar-refractivity contribution in [2.24, 2.45) is 23.3 Å². The highest BCUT2D eigenvalue weighted by atomic mass is 31.0. The van der Waals surface area contributed by atoms with Crippen molar-refractivity contribution in [3.63, 3.8) is 0 Å². The molecule has 1 rings (SSSR count). The summed E-state index contributed by atoms with van der Waals surface area (Å²) in [7, 11) is 10.6. The second-order valence-electron chi connectivity index (χ2n) is 17.0. The monoisotopic (exact) mass is 1030 g/mol. The number of unbranched alkanes of at least 4 members (excludes halogenated alkanes) is 16. The van der Waals surface area contributed by atoms with Crippen molar-refractivity contribution in [1.82, 2.24) is 21.3 Å². The van der Waals surface area contributed by atoms with E-state index in [0.717, 1.165) is 64.2 Å². The summed E-state index contributed by atoms with van der Waals surface area (Å²) in [4.78, 5) is 76.7. The van der Waals surface area contributed by atoms with Gasteiger partial charge in [-0.2, -0.15) is 0 Å². The highest BCUT2D eigenvalue weighted by molar-refractivity contribution is 7.40. The van der Waals surface area contributed by atoms with E-state index < -0.39 is 18.6 Å². The smallest absolute Gasteiger partial charge is 0.303 e. The zero-order chi connectivity index (χ0) is 53.4. The number of carboxylic acids is 1. The van der Waals surface area contributed by atoms with Crippen LogP contribution in [0.2, 0.25) is 0 Å². The third-order valence-corrected chi connectivity index (χ3v) is 11.1. The zero-order valence-corrected chi connectivity index (χ0v) is 45.4. The highest BCUT2D eigenvalue weighted by Crippen LogP contribution is 2.29. The van der Waals surface area contributed by atoms with Crippen LogP contribution in [0.5, 0.6) is 0 Å². The molecule has 19 heteroatoms. The zero-order valence-electron chi connectivity index (χ0n) is 44.3. The minimum absolute atomic E-state index is 0. The number of aliphatic hydroxyl groups excluding tert-OH is 2. The Morgan fingerprint density at radius 2 is 1.11 bits per heavy atom. The number of amides is 4. The predicted octanol–water partition coefficient (Wildman–Crippen LogP) is 6.34. The first kappa shape index (κ1) is 78.3. The van der Waals surface area contributed by atoms with Crippen LogP contribution in [0.4, 0.5) is 0 Å². The lowest BCUT2D eigenvalue weighted by molar-refractivity contribution is -0.137. The molecule has 4 amide bonds. The predicted molar refractivity (Wildman–Crippen MR) is 287 cm³/mol. The van der Waals surface area contributed by atoms with Gasteiger partial charge in [0.15, 0.2) is 5.52 Å². The number of hydrogen-bond acceptors (Lipinski definition) is 13. The molecule has 0 aromatic carbocycles. The van der Waals surface area contributed by atoms with Crippen LogP contribution in [0.1, 0.15) is 195 Å². The molecule has 418 valence electrons. The van der Waals surface area contributed by atoms with Gasteiger partial charge < -0.3 is 62.3 Å². The Morgan fingerprint density at radius 3 is 1.49 bits per heavy atom. The number of primary amides is 1. The number of carboxylic acid groups (broad SMARTS) is 1. The molecule has 11 N–H and O–H groups in total. The highest BCUT2D eigenvalue weighted by Gasteiger charge is 2.28. The summed E-state index contributed by atoms with van der Waals surface area (Å²) in [6.45, 7) is 4.73.